The minimum absolute atomic E-state index is 0.300. The van der Waals surface area contributed by atoms with Crippen LogP contribution in [0, 0.1) is 10.1 Å². The van der Waals surface area contributed by atoms with Crippen molar-refractivity contribution in [2.75, 3.05) is 0 Å². The van der Waals surface area contributed by atoms with Gasteiger partial charge in [-0.15, -0.1) is 0 Å². The first kappa shape index (κ1) is 6.54. The van der Waals surface area contributed by atoms with E-state index in [9.17, 15) is 19.7 Å². The molecule has 0 radical (unpaired) electrons. The molecule has 0 aromatic heterocycles. The van der Waals surface area contributed by atoms with Crippen molar-refractivity contribution in [3.8, 4) is 0 Å². The molecular formula is C2HNO5. The Kier molecular flexibility index (Phi) is 2.18. The first-order valence-corrected chi connectivity index (χ1v) is 1.47. The molecule has 0 heterocycles. The van der Waals surface area contributed by atoms with Crippen molar-refractivity contribution in [3.05, 3.63) is 10.1 Å². The van der Waals surface area contributed by atoms with E-state index in [0.717, 1.165) is 0 Å². The Morgan fingerprint density at radius 1 is 1.75 bits per heavy atom. The van der Waals surface area contributed by atoms with Gasteiger partial charge in [-0.2, -0.15) is 4.79 Å². The van der Waals surface area contributed by atoms with Crippen molar-refractivity contribution in [2.45, 2.75) is 0 Å². The number of rotatable bonds is 1. The van der Waals surface area contributed by atoms with Gasteiger partial charge in [0.15, 0.2) is 0 Å². The molecule has 6 nitrogen and oxygen atoms in total. The number of amides is 1. The molecule has 0 aliphatic rings. The van der Waals surface area contributed by atoms with Crippen LogP contribution in [0.4, 0.5) is 4.79 Å². The van der Waals surface area contributed by atoms with Gasteiger partial charge in [0.05, 0.1) is 0 Å². The average molecular weight is 119 g/mol. The third-order valence-corrected chi connectivity index (χ3v) is 0.298. The van der Waals surface area contributed by atoms with Crippen molar-refractivity contribution < 1.29 is 19.2 Å². The molecule has 44 valence electrons. The Bertz CT molecular complexity index is 128. The summed E-state index contributed by atoms with van der Waals surface area (Å²) in [4.78, 5) is 26.7. The predicted octanol–water partition coefficient (Wildman–Crippen LogP) is -0.444. The Hall–Kier alpha value is -1.46. The molecule has 0 fully saturated rings. The van der Waals surface area contributed by atoms with Gasteiger partial charge >= 0.3 is 12.6 Å². The molecular weight excluding hydrogens is 118 g/mol. The molecule has 8 heavy (non-hydrogen) atoms. The highest BCUT2D eigenvalue weighted by Crippen LogP contribution is 1.75. The number of nitrogens with zero attached hydrogens (tertiary/aromatic N) is 1. The lowest BCUT2D eigenvalue weighted by Gasteiger charge is -1.79. The minimum atomic E-state index is -1.76. The van der Waals surface area contributed by atoms with Gasteiger partial charge in [0.25, 0.3) is 0 Å². The predicted molar refractivity (Wildman–Crippen MR) is 19.5 cm³/mol. The summed E-state index contributed by atoms with van der Waals surface area (Å²) in [5, 5.41) is 9.26. The highest BCUT2D eigenvalue weighted by atomic mass is 16.7. The fourth-order valence-electron chi connectivity index (χ4n) is 0.0842. The largest absolute Gasteiger partial charge is 0.664 e. The highest BCUT2D eigenvalue weighted by Gasteiger charge is 2.15. The maximum Gasteiger partial charge on any atom is 0.664 e. The summed E-state index contributed by atoms with van der Waals surface area (Å²) in [6.07, 6.45) is -1.76. The number of ether oxygens (including phenoxy) is 1. The van der Waals surface area contributed by atoms with Gasteiger partial charge in [0.1, 0.15) is 4.92 Å². The molecule has 1 amide bonds. The van der Waals surface area contributed by atoms with E-state index in [1.807, 2.05) is 0 Å². The van der Waals surface area contributed by atoms with Gasteiger partial charge in [-0.3, -0.25) is 14.9 Å². The molecule has 0 rings (SSSR count). The fraction of sp³-hybridized carbons (Fsp3) is 0. The van der Waals surface area contributed by atoms with Crippen molar-refractivity contribution in [1.29, 1.82) is 0 Å². The second-order valence-electron chi connectivity index (χ2n) is 0.737. The van der Waals surface area contributed by atoms with E-state index < -0.39 is 11.0 Å². The zero-order valence-corrected chi connectivity index (χ0v) is 3.57. The van der Waals surface area contributed by atoms with Crippen LogP contribution in [-0.4, -0.2) is 17.5 Å². The Balaban J connectivity index is 3.65. The molecule has 6 heteroatoms. The maximum absolute atomic E-state index is 9.59. The molecule has 0 aromatic carbocycles. The monoisotopic (exact) mass is 119 g/mol. The van der Waals surface area contributed by atoms with Crippen LogP contribution in [0.2, 0.25) is 0 Å². The topological polar surface area (TPSA) is 86.5 Å². The van der Waals surface area contributed by atoms with Crippen LogP contribution >= 0.6 is 0 Å². The van der Waals surface area contributed by atoms with Gasteiger partial charge in [-0.05, 0) is 0 Å². The van der Waals surface area contributed by atoms with E-state index in [2.05, 4.69) is 4.74 Å². The third kappa shape index (κ3) is 1.85. The quantitative estimate of drug-likeness (QED) is 0.202. The van der Waals surface area contributed by atoms with Crippen LogP contribution in [0.3, 0.4) is 0 Å². The van der Waals surface area contributed by atoms with Crippen molar-refractivity contribution in [1.82, 2.24) is 0 Å². The van der Waals surface area contributed by atoms with Gasteiger partial charge in [0, 0.05) is 0 Å². The molecule has 0 bridgehead atoms. The van der Waals surface area contributed by atoms with E-state index in [4.69, 9.17) is 0 Å². The Morgan fingerprint density at radius 2 is 2.25 bits per heavy atom. The van der Waals surface area contributed by atoms with Crippen LogP contribution in [-0.2, 0) is 9.53 Å². The van der Waals surface area contributed by atoms with Crippen LogP contribution in [0.5, 0.6) is 0 Å². The summed E-state index contributed by atoms with van der Waals surface area (Å²) in [6, 6.07) is 0. The van der Waals surface area contributed by atoms with Crippen LogP contribution in [0.15, 0.2) is 0 Å². The van der Waals surface area contributed by atoms with E-state index in [-0.39, 0.29) is 6.47 Å². The van der Waals surface area contributed by atoms with Gasteiger partial charge in [-0.1, -0.05) is 0 Å². The SMILES string of the molecule is O=COC(=O)[N+](=O)[O-]. The lowest BCUT2D eigenvalue weighted by atomic mass is 11.2. The van der Waals surface area contributed by atoms with Crippen molar-refractivity contribution in [3.63, 3.8) is 0 Å². The van der Waals surface area contributed by atoms with Crippen LogP contribution in [0.25, 0.3) is 0 Å². The molecule has 0 N–H and O–H groups in total. The molecule has 0 aliphatic heterocycles. The normalized spacial score (nSPS) is 7.50. The van der Waals surface area contributed by atoms with Gasteiger partial charge in [0.2, 0.25) is 0 Å². The second-order valence-corrected chi connectivity index (χ2v) is 0.737. The van der Waals surface area contributed by atoms with E-state index in [1.165, 1.54) is 0 Å². The third-order valence-electron chi connectivity index (χ3n) is 0.298. The second kappa shape index (κ2) is 2.67. The maximum atomic E-state index is 9.59. The number of hydrogen-bond acceptors (Lipinski definition) is 5. The summed E-state index contributed by atoms with van der Waals surface area (Å²) in [5.74, 6) is 0. The van der Waals surface area contributed by atoms with Crippen LogP contribution in [0.1, 0.15) is 0 Å². The summed E-state index contributed by atoms with van der Waals surface area (Å²) < 4.78 is 3.28. The van der Waals surface area contributed by atoms with Gasteiger partial charge in [-0.25, -0.2) is 0 Å². The molecule has 0 saturated heterocycles. The fourth-order valence-corrected chi connectivity index (χ4v) is 0.0842. The number of nitro groups is 1. The van der Waals surface area contributed by atoms with Crippen molar-refractivity contribution in [2.24, 2.45) is 0 Å². The summed E-state index contributed by atoms with van der Waals surface area (Å²) in [6.45, 7) is -0.300. The standard InChI is InChI=1S/C2HNO5/c4-1-8-2(5)3(6)7/h1H. The minimum Gasteiger partial charge on any atom is -0.336 e. The highest BCUT2D eigenvalue weighted by molar-refractivity contribution is 5.67. The summed E-state index contributed by atoms with van der Waals surface area (Å²) in [7, 11) is 0. The van der Waals surface area contributed by atoms with E-state index >= 15 is 0 Å². The number of hydrogen-bond donors (Lipinski definition) is 0. The first-order chi connectivity index (χ1) is 3.68. The molecule has 0 atom stereocenters. The Labute approximate surface area is 43.2 Å². The lowest BCUT2D eigenvalue weighted by molar-refractivity contribution is -0.391. The zero-order valence-electron chi connectivity index (χ0n) is 3.57. The smallest absolute Gasteiger partial charge is 0.336 e. The van der Waals surface area contributed by atoms with Crippen LogP contribution < -0.4 is 0 Å². The molecule has 0 saturated carbocycles. The van der Waals surface area contributed by atoms with E-state index in [1.54, 1.807) is 0 Å². The zero-order chi connectivity index (χ0) is 6.57. The summed E-state index contributed by atoms with van der Waals surface area (Å²) >= 11 is 0. The van der Waals surface area contributed by atoms with Gasteiger partial charge < -0.3 is 4.74 Å². The molecule has 0 aromatic rings. The molecule has 0 aliphatic carbocycles. The number of carbonyl (C=O) groups is 2. The average Bonchev–Trinajstić information content (AvgIpc) is 1.67. The first-order valence-electron chi connectivity index (χ1n) is 1.47. The van der Waals surface area contributed by atoms with E-state index in [0.29, 0.717) is 0 Å². The lowest BCUT2D eigenvalue weighted by Crippen LogP contribution is -2.11. The van der Waals surface area contributed by atoms with Crippen molar-refractivity contribution >= 4 is 12.6 Å². The molecule has 0 unspecified atom stereocenters. The summed E-state index contributed by atoms with van der Waals surface area (Å²) in [5.41, 5.74) is 0. The number of carbonyl (C=O) groups excluding carboxylic acids is 2. The molecule has 0 spiro atoms. The Morgan fingerprint density at radius 3 is 2.38 bits per heavy atom.